The minimum absolute atomic E-state index is 0.0648. The van der Waals surface area contributed by atoms with Crippen LogP contribution in [0.3, 0.4) is 0 Å². The SMILES string of the molecule is Cn1nc(C2CC2)c(O)c(-c2c(Cl)ccc(Cl)c2OCc2ccccc2)c1=O. The zero-order chi connectivity index (χ0) is 19.8. The van der Waals surface area contributed by atoms with Gasteiger partial charge in [-0.3, -0.25) is 4.79 Å². The molecule has 0 amide bonds. The minimum atomic E-state index is -0.462. The monoisotopic (exact) mass is 416 g/mol. The van der Waals surface area contributed by atoms with Crippen LogP contribution in [0.4, 0.5) is 0 Å². The highest BCUT2D eigenvalue weighted by Crippen LogP contribution is 2.48. The second-order valence-corrected chi connectivity index (χ2v) is 7.63. The molecule has 144 valence electrons. The largest absolute Gasteiger partial charge is 0.505 e. The van der Waals surface area contributed by atoms with Gasteiger partial charge in [-0.15, -0.1) is 0 Å². The quantitative estimate of drug-likeness (QED) is 0.641. The first-order valence-electron chi connectivity index (χ1n) is 8.92. The fourth-order valence-electron chi connectivity index (χ4n) is 3.14. The molecule has 0 saturated heterocycles. The Morgan fingerprint density at radius 1 is 1.11 bits per heavy atom. The van der Waals surface area contributed by atoms with Gasteiger partial charge in [0.05, 0.1) is 21.2 Å². The molecular formula is C21H18Cl2N2O3. The van der Waals surface area contributed by atoms with Crippen LogP contribution in [-0.4, -0.2) is 14.9 Å². The van der Waals surface area contributed by atoms with Crippen LogP contribution in [0.15, 0.2) is 47.3 Å². The topological polar surface area (TPSA) is 64.3 Å². The number of ether oxygens (including phenoxy) is 1. The van der Waals surface area contributed by atoms with E-state index in [0.29, 0.717) is 10.7 Å². The summed E-state index contributed by atoms with van der Waals surface area (Å²) in [4.78, 5) is 12.9. The standard InChI is InChI=1S/C21H18Cl2N2O3/c1-25-21(27)17(19(26)18(24-25)13-7-8-13)16-14(22)9-10-15(23)20(16)28-11-12-5-3-2-4-6-12/h2-6,9-10,13,26H,7-8,11H2,1H3. The number of aromatic nitrogens is 2. The van der Waals surface area contributed by atoms with Gasteiger partial charge in [0.25, 0.3) is 5.56 Å². The van der Waals surface area contributed by atoms with E-state index < -0.39 is 5.56 Å². The molecule has 2 aromatic carbocycles. The summed E-state index contributed by atoms with van der Waals surface area (Å²) in [5.41, 5.74) is 1.33. The number of benzene rings is 2. The number of hydrogen-bond donors (Lipinski definition) is 1. The molecule has 1 fully saturated rings. The van der Waals surface area contributed by atoms with Gasteiger partial charge in [-0.1, -0.05) is 53.5 Å². The first-order chi connectivity index (χ1) is 13.5. The molecule has 1 aromatic heterocycles. The van der Waals surface area contributed by atoms with Gasteiger partial charge >= 0.3 is 0 Å². The maximum absolute atomic E-state index is 12.9. The van der Waals surface area contributed by atoms with Crippen molar-refractivity contribution in [2.75, 3.05) is 0 Å². The lowest BCUT2D eigenvalue weighted by molar-refractivity contribution is 0.307. The van der Waals surface area contributed by atoms with Crippen LogP contribution in [0.1, 0.15) is 30.0 Å². The zero-order valence-corrected chi connectivity index (χ0v) is 16.7. The van der Waals surface area contributed by atoms with Gasteiger partial charge in [0, 0.05) is 13.0 Å². The van der Waals surface area contributed by atoms with Crippen LogP contribution in [-0.2, 0) is 13.7 Å². The van der Waals surface area contributed by atoms with E-state index in [1.54, 1.807) is 19.2 Å². The van der Waals surface area contributed by atoms with E-state index in [9.17, 15) is 9.90 Å². The van der Waals surface area contributed by atoms with E-state index in [2.05, 4.69) is 5.10 Å². The van der Waals surface area contributed by atoms with Crippen LogP contribution in [0.2, 0.25) is 10.0 Å². The molecule has 1 saturated carbocycles. The van der Waals surface area contributed by atoms with Crippen LogP contribution in [0.5, 0.6) is 11.5 Å². The van der Waals surface area contributed by atoms with Gasteiger partial charge in [0.15, 0.2) is 5.75 Å². The number of aryl methyl sites for hydroxylation is 1. The number of nitrogens with zero attached hydrogens (tertiary/aromatic N) is 2. The van der Waals surface area contributed by atoms with Crippen LogP contribution in [0.25, 0.3) is 11.1 Å². The lowest BCUT2D eigenvalue weighted by Crippen LogP contribution is -2.23. The van der Waals surface area contributed by atoms with Crippen LogP contribution in [0, 0.1) is 0 Å². The van der Waals surface area contributed by atoms with Crippen LogP contribution >= 0.6 is 23.2 Å². The first-order valence-corrected chi connectivity index (χ1v) is 9.68. The van der Waals surface area contributed by atoms with Crippen molar-refractivity contribution in [3.8, 4) is 22.6 Å². The zero-order valence-electron chi connectivity index (χ0n) is 15.2. The first kappa shape index (κ1) is 18.8. The normalized spacial score (nSPS) is 13.5. The van der Waals surface area contributed by atoms with Gasteiger partial charge in [0.1, 0.15) is 18.1 Å². The second-order valence-electron chi connectivity index (χ2n) is 6.82. The predicted octanol–water partition coefficient (Wildman–Crippen LogP) is 4.92. The molecule has 0 radical (unpaired) electrons. The number of hydrogen-bond acceptors (Lipinski definition) is 4. The number of halogens is 2. The molecule has 1 heterocycles. The predicted molar refractivity (Wildman–Crippen MR) is 109 cm³/mol. The second kappa shape index (κ2) is 7.49. The Hall–Kier alpha value is -2.50. The Labute approximate surface area is 172 Å². The molecule has 4 rings (SSSR count). The Balaban J connectivity index is 1.86. The Kier molecular flexibility index (Phi) is 5.04. The minimum Gasteiger partial charge on any atom is -0.505 e. The maximum atomic E-state index is 12.9. The van der Waals surface area contributed by atoms with Gasteiger partial charge in [-0.2, -0.15) is 5.10 Å². The molecule has 1 aliphatic rings. The van der Waals surface area contributed by atoms with Gasteiger partial charge in [-0.25, -0.2) is 4.68 Å². The lowest BCUT2D eigenvalue weighted by atomic mass is 10.0. The Bertz CT molecular complexity index is 1090. The molecule has 0 atom stereocenters. The molecule has 0 aliphatic heterocycles. The van der Waals surface area contributed by atoms with Crippen molar-refractivity contribution in [2.24, 2.45) is 7.05 Å². The summed E-state index contributed by atoms with van der Waals surface area (Å²) in [6, 6.07) is 12.8. The molecule has 0 bridgehead atoms. The van der Waals surface area contributed by atoms with Crippen molar-refractivity contribution in [2.45, 2.75) is 25.4 Å². The average molecular weight is 417 g/mol. The number of aromatic hydroxyl groups is 1. The molecule has 28 heavy (non-hydrogen) atoms. The van der Waals surface area contributed by atoms with Gasteiger partial charge in [0.2, 0.25) is 0 Å². The highest BCUT2D eigenvalue weighted by atomic mass is 35.5. The molecule has 1 aliphatic carbocycles. The van der Waals surface area contributed by atoms with E-state index in [-0.39, 0.29) is 40.2 Å². The van der Waals surface area contributed by atoms with E-state index in [1.165, 1.54) is 4.68 Å². The maximum Gasteiger partial charge on any atom is 0.278 e. The third-order valence-electron chi connectivity index (χ3n) is 4.74. The van der Waals surface area contributed by atoms with E-state index >= 15 is 0 Å². The summed E-state index contributed by atoms with van der Waals surface area (Å²) in [6.07, 6.45) is 1.86. The van der Waals surface area contributed by atoms with Gasteiger partial charge < -0.3 is 9.84 Å². The molecule has 0 unspecified atom stereocenters. The Morgan fingerprint density at radius 2 is 1.79 bits per heavy atom. The summed E-state index contributed by atoms with van der Waals surface area (Å²) in [5.74, 6) is 0.259. The summed E-state index contributed by atoms with van der Waals surface area (Å²) in [5, 5.41) is 15.7. The lowest BCUT2D eigenvalue weighted by Gasteiger charge is -2.17. The summed E-state index contributed by atoms with van der Waals surface area (Å²) >= 11 is 12.8. The highest BCUT2D eigenvalue weighted by Gasteiger charge is 2.33. The van der Waals surface area contributed by atoms with Gasteiger partial charge in [-0.05, 0) is 30.5 Å². The third kappa shape index (κ3) is 3.48. The van der Waals surface area contributed by atoms with Crippen molar-refractivity contribution < 1.29 is 9.84 Å². The summed E-state index contributed by atoms with van der Waals surface area (Å²) in [7, 11) is 1.56. The fraction of sp³-hybridized carbons (Fsp3) is 0.238. The van der Waals surface area contributed by atoms with Crippen LogP contribution < -0.4 is 10.3 Å². The smallest absolute Gasteiger partial charge is 0.278 e. The third-order valence-corrected chi connectivity index (χ3v) is 5.36. The molecule has 1 N–H and O–H groups in total. The van der Waals surface area contributed by atoms with E-state index in [0.717, 1.165) is 18.4 Å². The Morgan fingerprint density at radius 3 is 2.46 bits per heavy atom. The van der Waals surface area contributed by atoms with Crippen molar-refractivity contribution in [1.29, 1.82) is 0 Å². The molecule has 0 spiro atoms. The van der Waals surface area contributed by atoms with E-state index in [1.807, 2.05) is 30.3 Å². The van der Waals surface area contributed by atoms with E-state index in [4.69, 9.17) is 27.9 Å². The average Bonchev–Trinajstić information content (AvgIpc) is 3.53. The summed E-state index contributed by atoms with van der Waals surface area (Å²) in [6.45, 7) is 0.246. The highest BCUT2D eigenvalue weighted by molar-refractivity contribution is 6.37. The van der Waals surface area contributed by atoms with Crippen molar-refractivity contribution >= 4 is 23.2 Å². The molecular weight excluding hydrogens is 399 g/mol. The van der Waals surface area contributed by atoms with Crippen molar-refractivity contribution in [3.05, 3.63) is 74.1 Å². The number of rotatable bonds is 5. The molecule has 7 heteroatoms. The fourth-order valence-corrected chi connectivity index (χ4v) is 3.60. The molecule has 3 aromatic rings. The van der Waals surface area contributed by atoms with Crippen molar-refractivity contribution in [3.63, 3.8) is 0 Å². The molecule has 5 nitrogen and oxygen atoms in total. The summed E-state index contributed by atoms with van der Waals surface area (Å²) < 4.78 is 7.18. The van der Waals surface area contributed by atoms with Crippen molar-refractivity contribution in [1.82, 2.24) is 9.78 Å².